The summed E-state index contributed by atoms with van der Waals surface area (Å²) in [5.74, 6) is 0. The van der Waals surface area contributed by atoms with Gasteiger partial charge < -0.3 is 5.32 Å². The molecule has 0 radical (unpaired) electrons. The largest absolute Gasteiger partial charge is 0.307 e. The van der Waals surface area contributed by atoms with E-state index >= 15 is 0 Å². The molecule has 2 aromatic carbocycles. The minimum atomic E-state index is 0.252. The predicted molar refractivity (Wildman–Crippen MR) is 90.2 cm³/mol. The summed E-state index contributed by atoms with van der Waals surface area (Å²) in [6.07, 6.45) is 1.07. The van der Waals surface area contributed by atoms with Gasteiger partial charge in [0.15, 0.2) is 0 Å². The Labute approximate surface area is 130 Å². The van der Waals surface area contributed by atoms with Gasteiger partial charge in [0.1, 0.15) is 0 Å². The third-order valence-electron chi connectivity index (χ3n) is 3.50. The van der Waals surface area contributed by atoms with Gasteiger partial charge >= 0.3 is 0 Å². The molecule has 1 atom stereocenters. The zero-order valence-corrected chi connectivity index (χ0v) is 14.0. The quantitative estimate of drug-likeness (QED) is 0.811. The number of aryl methyl sites for hydroxylation is 2. The van der Waals surface area contributed by atoms with Crippen molar-refractivity contribution in [2.75, 3.05) is 6.54 Å². The Morgan fingerprint density at radius 3 is 2.50 bits per heavy atom. The van der Waals surface area contributed by atoms with Crippen LogP contribution in [0.15, 0.2) is 46.9 Å². The highest BCUT2D eigenvalue weighted by atomic mass is 79.9. The van der Waals surface area contributed by atoms with Crippen molar-refractivity contribution in [3.63, 3.8) is 0 Å². The molecular weight excluding hydrogens is 310 g/mol. The molecule has 0 saturated carbocycles. The van der Waals surface area contributed by atoms with E-state index in [9.17, 15) is 0 Å². The number of benzene rings is 2. The summed E-state index contributed by atoms with van der Waals surface area (Å²) in [5, 5.41) is 3.60. The van der Waals surface area contributed by atoms with Gasteiger partial charge in [-0.15, -0.1) is 0 Å². The van der Waals surface area contributed by atoms with Gasteiger partial charge in [-0.05, 0) is 54.3 Å². The van der Waals surface area contributed by atoms with Crippen LogP contribution in [0.3, 0.4) is 0 Å². The van der Waals surface area contributed by atoms with E-state index in [1.54, 1.807) is 0 Å². The van der Waals surface area contributed by atoms with E-state index in [1.165, 1.54) is 22.3 Å². The van der Waals surface area contributed by atoms with Gasteiger partial charge in [-0.1, -0.05) is 60.1 Å². The minimum absolute atomic E-state index is 0.252. The van der Waals surface area contributed by atoms with Crippen LogP contribution in [0.1, 0.15) is 42.1 Å². The van der Waals surface area contributed by atoms with Crippen molar-refractivity contribution >= 4 is 15.9 Å². The van der Waals surface area contributed by atoms with Crippen LogP contribution in [0.2, 0.25) is 0 Å². The molecule has 0 fully saturated rings. The van der Waals surface area contributed by atoms with E-state index in [2.05, 4.69) is 84.5 Å². The van der Waals surface area contributed by atoms with Crippen LogP contribution in [0.25, 0.3) is 0 Å². The van der Waals surface area contributed by atoms with Crippen molar-refractivity contribution in [1.82, 2.24) is 5.32 Å². The Hall–Kier alpha value is -1.12. The number of hydrogen-bond acceptors (Lipinski definition) is 1. The third-order valence-corrected chi connectivity index (χ3v) is 3.96. The van der Waals surface area contributed by atoms with Crippen LogP contribution < -0.4 is 5.32 Å². The van der Waals surface area contributed by atoms with E-state index in [-0.39, 0.29) is 6.04 Å². The van der Waals surface area contributed by atoms with Gasteiger partial charge in [-0.25, -0.2) is 0 Å². The van der Waals surface area contributed by atoms with Crippen LogP contribution >= 0.6 is 15.9 Å². The van der Waals surface area contributed by atoms with E-state index in [1.807, 2.05) is 0 Å². The predicted octanol–water partition coefficient (Wildman–Crippen LogP) is 5.02. The number of nitrogens with one attached hydrogen (secondary N) is 1. The van der Waals surface area contributed by atoms with Crippen molar-refractivity contribution in [3.05, 3.63) is 69.2 Å². The first-order chi connectivity index (χ1) is 9.63. The Balaban J connectivity index is 2.43. The maximum absolute atomic E-state index is 3.61. The van der Waals surface area contributed by atoms with Crippen molar-refractivity contribution < 1.29 is 0 Å². The first-order valence-electron chi connectivity index (χ1n) is 7.23. The lowest BCUT2D eigenvalue weighted by Crippen LogP contribution is -2.22. The second-order valence-electron chi connectivity index (χ2n) is 5.15. The first kappa shape index (κ1) is 15.3. The molecule has 2 rings (SSSR count). The number of hydrogen-bond donors (Lipinski definition) is 1. The summed E-state index contributed by atoms with van der Waals surface area (Å²) in [6, 6.07) is 15.7. The lowest BCUT2D eigenvalue weighted by Gasteiger charge is -2.20. The smallest absolute Gasteiger partial charge is 0.0577 e. The fourth-order valence-electron chi connectivity index (χ4n) is 2.56. The highest BCUT2D eigenvalue weighted by molar-refractivity contribution is 9.10. The molecule has 106 valence electrons. The molecule has 0 aliphatic rings. The first-order valence-corrected chi connectivity index (χ1v) is 8.02. The summed E-state index contributed by atoms with van der Waals surface area (Å²) in [7, 11) is 0. The molecular formula is C18H22BrN. The van der Waals surface area contributed by atoms with Gasteiger partial charge in [0.25, 0.3) is 0 Å². The molecule has 20 heavy (non-hydrogen) atoms. The maximum atomic E-state index is 3.61. The molecule has 1 N–H and O–H groups in total. The normalized spacial score (nSPS) is 12.4. The third kappa shape index (κ3) is 3.71. The molecule has 0 aliphatic heterocycles. The molecule has 0 spiro atoms. The average Bonchev–Trinajstić information content (AvgIpc) is 2.43. The molecule has 0 aromatic heterocycles. The van der Waals surface area contributed by atoms with E-state index in [0.29, 0.717) is 0 Å². The highest BCUT2D eigenvalue weighted by Crippen LogP contribution is 2.26. The van der Waals surface area contributed by atoms with Crippen LogP contribution in [0.5, 0.6) is 0 Å². The van der Waals surface area contributed by atoms with E-state index in [4.69, 9.17) is 0 Å². The molecule has 1 unspecified atom stereocenters. The fraction of sp³-hybridized carbons (Fsp3) is 0.333. The van der Waals surface area contributed by atoms with Crippen LogP contribution in [0, 0.1) is 6.92 Å². The van der Waals surface area contributed by atoms with Crippen molar-refractivity contribution in [2.24, 2.45) is 0 Å². The molecule has 1 nitrogen and oxygen atoms in total. The summed E-state index contributed by atoms with van der Waals surface area (Å²) >= 11 is 3.61. The Kier molecular flexibility index (Phi) is 5.38. The monoisotopic (exact) mass is 331 g/mol. The minimum Gasteiger partial charge on any atom is -0.307 e. The molecule has 0 amide bonds. The summed E-state index contributed by atoms with van der Waals surface area (Å²) in [6.45, 7) is 7.44. The standard InChI is InChI=1S/C18H22BrN/c1-4-14-7-6-8-15(11-14)18(20-5-2)16-9-13(3)10-17(19)12-16/h6-12,18,20H,4-5H2,1-3H3. The SMILES string of the molecule is CCNC(c1cc(C)cc(Br)c1)c1cccc(CC)c1. The second-order valence-corrected chi connectivity index (χ2v) is 6.07. The van der Waals surface area contributed by atoms with Gasteiger partial charge in [0.05, 0.1) is 6.04 Å². The van der Waals surface area contributed by atoms with Gasteiger partial charge in [-0.2, -0.15) is 0 Å². The fourth-order valence-corrected chi connectivity index (χ4v) is 3.18. The lowest BCUT2D eigenvalue weighted by atomic mass is 9.95. The molecule has 0 heterocycles. The van der Waals surface area contributed by atoms with Crippen LogP contribution in [-0.4, -0.2) is 6.54 Å². The van der Waals surface area contributed by atoms with Crippen molar-refractivity contribution in [2.45, 2.75) is 33.2 Å². The maximum Gasteiger partial charge on any atom is 0.0577 e. The topological polar surface area (TPSA) is 12.0 Å². The van der Waals surface area contributed by atoms with Crippen LogP contribution in [0.4, 0.5) is 0 Å². The van der Waals surface area contributed by atoms with Gasteiger partial charge in [0.2, 0.25) is 0 Å². The Bertz CT molecular complexity index is 557. The molecule has 0 saturated heterocycles. The molecule has 2 heteroatoms. The number of halogens is 1. The van der Waals surface area contributed by atoms with Crippen molar-refractivity contribution in [1.29, 1.82) is 0 Å². The summed E-state index contributed by atoms with van der Waals surface area (Å²) in [5.41, 5.74) is 5.32. The Morgan fingerprint density at radius 1 is 1.05 bits per heavy atom. The molecule has 2 aromatic rings. The van der Waals surface area contributed by atoms with Gasteiger partial charge in [0, 0.05) is 4.47 Å². The lowest BCUT2D eigenvalue weighted by molar-refractivity contribution is 0.629. The van der Waals surface area contributed by atoms with E-state index < -0.39 is 0 Å². The average molecular weight is 332 g/mol. The van der Waals surface area contributed by atoms with E-state index in [0.717, 1.165) is 17.4 Å². The summed E-state index contributed by atoms with van der Waals surface area (Å²) in [4.78, 5) is 0. The van der Waals surface area contributed by atoms with Gasteiger partial charge in [-0.3, -0.25) is 0 Å². The van der Waals surface area contributed by atoms with Crippen molar-refractivity contribution in [3.8, 4) is 0 Å². The molecule has 0 bridgehead atoms. The second kappa shape index (κ2) is 7.05. The zero-order chi connectivity index (χ0) is 14.5. The number of rotatable bonds is 5. The zero-order valence-electron chi connectivity index (χ0n) is 12.4. The highest BCUT2D eigenvalue weighted by Gasteiger charge is 2.14. The van der Waals surface area contributed by atoms with Crippen LogP contribution in [-0.2, 0) is 6.42 Å². The summed E-state index contributed by atoms with van der Waals surface area (Å²) < 4.78 is 1.14. The molecule has 0 aliphatic carbocycles. The Morgan fingerprint density at radius 2 is 1.85 bits per heavy atom.